The second-order valence-electron chi connectivity index (χ2n) is 6.18. The predicted molar refractivity (Wildman–Crippen MR) is 92.2 cm³/mol. The zero-order valence-corrected chi connectivity index (χ0v) is 15.0. The van der Waals surface area contributed by atoms with Crippen molar-refractivity contribution in [2.75, 3.05) is 13.1 Å². The largest absolute Gasteiger partial charge is 0.481 e. The Labute approximate surface area is 148 Å². The lowest BCUT2D eigenvalue weighted by Crippen LogP contribution is -2.30. The number of hydrogen-bond donors (Lipinski definition) is 1. The molecule has 0 saturated carbocycles. The van der Waals surface area contributed by atoms with Gasteiger partial charge >= 0.3 is 5.97 Å². The summed E-state index contributed by atoms with van der Waals surface area (Å²) in [5.41, 5.74) is 2.00. The molecular weight excluding hydrogens is 374 g/mol. The van der Waals surface area contributed by atoms with Crippen molar-refractivity contribution >= 4 is 27.8 Å². The Morgan fingerprint density at radius 1 is 1.25 bits per heavy atom. The molecule has 3 rings (SSSR count). The highest BCUT2D eigenvalue weighted by Gasteiger charge is 2.37. The zero-order chi connectivity index (χ0) is 17.4. The first-order valence-electron chi connectivity index (χ1n) is 7.71. The van der Waals surface area contributed by atoms with Gasteiger partial charge < -0.3 is 10.0 Å². The third kappa shape index (κ3) is 3.08. The van der Waals surface area contributed by atoms with Gasteiger partial charge in [-0.05, 0) is 37.1 Å². The van der Waals surface area contributed by atoms with E-state index in [1.807, 2.05) is 31.2 Å². The summed E-state index contributed by atoms with van der Waals surface area (Å²) >= 11 is 3.39. The third-order valence-corrected chi connectivity index (χ3v) is 4.97. The van der Waals surface area contributed by atoms with Gasteiger partial charge in [0.15, 0.2) is 0 Å². The number of aromatic nitrogens is 2. The van der Waals surface area contributed by atoms with Crippen molar-refractivity contribution in [1.82, 2.24) is 14.7 Å². The monoisotopic (exact) mass is 391 g/mol. The van der Waals surface area contributed by atoms with E-state index in [2.05, 4.69) is 21.0 Å². The molecule has 2 heterocycles. The van der Waals surface area contributed by atoms with Crippen molar-refractivity contribution in [2.24, 2.45) is 11.8 Å². The molecule has 1 aliphatic rings. The molecule has 2 atom stereocenters. The first-order chi connectivity index (χ1) is 11.4. The van der Waals surface area contributed by atoms with Crippen molar-refractivity contribution in [2.45, 2.75) is 13.8 Å². The Morgan fingerprint density at radius 3 is 2.50 bits per heavy atom. The van der Waals surface area contributed by atoms with E-state index in [0.717, 1.165) is 10.2 Å². The van der Waals surface area contributed by atoms with Crippen LogP contribution in [0.5, 0.6) is 0 Å². The fraction of sp³-hybridized carbons (Fsp3) is 0.353. The number of benzene rings is 1. The summed E-state index contributed by atoms with van der Waals surface area (Å²) in [7, 11) is 0. The van der Waals surface area contributed by atoms with E-state index in [4.69, 9.17) is 0 Å². The second kappa shape index (κ2) is 6.39. The fourth-order valence-corrected chi connectivity index (χ4v) is 3.28. The zero-order valence-electron chi connectivity index (χ0n) is 13.4. The maximum absolute atomic E-state index is 12.8. The highest BCUT2D eigenvalue weighted by Crippen LogP contribution is 2.25. The van der Waals surface area contributed by atoms with Crippen LogP contribution in [0, 0.1) is 18.8 Å². The third-order valence-electron chi connectivity index (χ3n) is 4.44. The van der Waals surface area contributed by atoms with E-state index < -0.39 is 11.9 Å². The molecule has 1 N–H and O–H groups in total. The lowest BCUT2D eigenvalue weighted by Gasteiger charge is -2.15. The van der Waals surface area contributed by atoms with Crippen LogP contribution in [-0.4, -0.2) is 44.8 Å². The lowest BCUT2D eigenvalue weighted by molar-refractivity contribution is -0.142. The lowest BCUT2D eigenvalue weighted by atomic mass is 9.99. The van der Waals surface area contributed by atoms with Crippen molar-refractivity contribution < 1.29 is 14.7 Å². The number of nitrogens with zero attached hydrogens (tertiary/aromatic N) is 3. The normalized spacial score (nSPS) is 20.4. The maximum Gasteiger partial charge on any atom is 0.308 e. The van der Waals surface area contributed by atoms with Crippen LogP contribution in [0.4, 0.5) is 0 Å². The van der Waals surface area contributed by atoms with Gasteiger partial charge in [0.25, 0.3) is 5.91 Å². The molecule has 2 aromatic rings. The molecule has 1 fully saturated rings. The maximum atomic E-state index is 12.8. The van der Waals surface area contributed by atoms with Crippen LogP contribution < -0.4 is 0 Å². The summed E-state index contributed by atoms with van der Waals surface area (Å²) in [6, 6.07) is 7.63. The smallest absolute Gasteiger partial charge is 0.308 e. The van der Waals surface area contributed by atoms with E-state index in [1.54, 1.807) is 22.7 Å². The van der Waals surface area contributed by atoms with Crippen molar-refractivity contribution in [3.05, 3.63) is 46.2 Å². The van der Waals surface area contributed by atoms with E-state index in [9.17, 15) is 14.7 Å². The van der Waals surface area contributed by atoms with Gasteiger partial charge in [-0.2, -0.15) is 5.10 Å². The number of rotatable bonds is 3. The van der Waals surface area contributed by atoms with Crippen LogP contribution in [0.1, 0.15) is 23.0 Å². The van der Waals surface area contributed by atoms with Crippen molar-refractivity contribution in [3.8, 4) is 5.69 Å². The molecule has 0 aliphatic carbocycles. The Kier molecular flexibility index (Phi) is 4.45. The molecule has 6 nitrogen and oxygen atoms in total. The number of hydrogen-bond acceptors (Lipinski definition) is 3. The predicted octanol–water partition coefficient (Wildman–Crippen LogP) is 2.74. The quantitative estimate of drug-likeness (QED) is 0.872. The number of halogens is 1. The fourth-order valence-electron chi connectivity index (χ4n) is 3.02. The van der Waals surface area contributed by atoms with Crippen LogP contribution in [0.15, 0.2) is 34.9 Å². The average Bonchev–Trinajstić information content (AvgIpc) is 3.11. The van der Waals surface area contributed by atoms with E-state index in [1.165, 1.54) is 0 Å². The number of likely N-dealkylation sites (tertiary alicyclic amines) is 1. The molecule has 126 valence electrons. The van der Waals surface area contributed by atoms with E-state index in [-0.39, 0.29) is 18.4 Å². The number of carboxylic acids is 1. The summed E-state index contributed by atoms with van der Waals surface area (Å²) < 4.78 is 2.64. The van der Waals surface area contributed by atoms with Gasteiger partial charge in [-0.3, -0.25) is 9.59 Å². The molecule has 0 spiro atoms. The summed E-state index contributed by atoms with van der Waals surface area (Å²) in [6.45, 7) is 4.36. The minimum atomic E-state index is -0.847. The van der Waals surface area contributed by atoms with Crippen LogP contribution >= 0.6 is 15.9 Å². The van der Waals surface area contributed by atoms with Crippen molar-refractivity contribution in [3.63, 3.8) is 0 Å². The number of aliphatic carboxylic acids is 1. The Hall–Kier alpha value is -2.15. The second-order valence-corrected chi connectivity index (χ2v) is 7.10. The van der Waals surface area contributed by atoms with Crippen LogP contribution in [-0.2, 0) is 4.79 Å². The van der Waals surface area contributed by atoms with Gasteiger partial charge in [0, 0.05) is 23.8 Å². The van der Waals surface area contributed by atoms with Gasteiger partial charge in [-0.25, -0.2) is 4.68 Å². The van der Waals surface area contributed by atoms with Gasteiger partial charge in [-0.1, -0.05) is 22.9 Å². The Bertz CT molecular complexity index is 785. The number of carbonyl (C=O) groups is 2. The summed E-state index contributed by atoms with van der Waals surface area (Å²) in [6.07, 6.45) is 1.71. The molecule has 0 bridgehead atoms. The van der Waals surface area contributed by atoms with Crippen molar-refractivity contribution in [1.29, 1.82) is 0 Å². The van der Waals surface area contributed by atoms with Gasteiger partial charge in [-0.15, -0.1) is 0 Å². The molecular formula is C17H18BrN3O3. The molecule has 0 radical (unpaired) electrons. The molecule has 1 aromatic heterocycles. The standard InChI is InChI=1S/C17H18BrN3O3/c1-10-7-20(8-14(10)17(23)24)16(22)15-9-21(19-11(15)2)13-5-3-12(18)4-6-13/h3-6,9-10,14H,7-8H2,1-2H3,(H,23,24)/t10-,14-/m1/s1. The van der Waals surface area contributed by atoms with Gasteiger partial charge in [0.2, 0.25) is 0 Å². The summed E-state index contributed by atoms with van der Waals surface area (Å²) in [4.78, 5) is 25.6. The van der Waals surface area contributed by atoms with Crippen LogP contribution in [0.3, 0.4) is 0 Å². The topological polar surface area (TPSA) is 75.4 Å². The minimum Gasteiger partial charge on any atom is -0.481 e. The molecule has 1 aromatic carbocycles. The van der Waals surface area contributed by atoms with Crippen LogP contribution in [0.25, 0.3) is 5.69 Å². The van der Waals surface area contributed by atoms with E-state index >= 15 is 0 Å². The summed E-state index contributed by atoms with van der Waals surface area (Å²) in [5.74, 6) is -1.56. The molecule has 1 saturated heterocycles. The highest BCUT2D eigenvalue weighted by molar-refractivity contribution is 9.10. The van der Waals surface area contributed by atoms with Gasteiger partial charge in [0.05, 0.1) is 22.9 Å². The minimum absolute atomic E-state index is 0.0479. The Balaban J connectivity index is 1.84. The van der Waals surface area contributed by atoms with E-state index in [0.29, 0.717) is 17.8 Å². The number of carbonyl (C=O) groups excluding carboxylic acids is 1. The molecule has 1 amide bonds. The number of aryl methyl sites for hydroxylation is 1. The average molecular weight is 392 g/mol. The molecule has 0 unspecified atom stereocenters. The SMILES string of the molecule is Cc1nn(-c2ccc(Br)cc2)cc1C(=O)N1C[C@@H](C)[C@H](C(=O)O)C1. The first kappa shape index (κ1) is 16.7. The van der Waals surface area contributed by atoms with Crippen LogP contribution in [0.2, 0.25) is 0 Å². The first-order valence-corrected chi connectivity index (χ1v) is 8.50. The number of carboxylic acid groups (broad SMARTS) is 1. The number of amides is 1. The highest BCUT2D eigenvalue weighted by atomic mass is 79.9. The summed E-state index contributed by atoms with van der Waals surface area (Å²) in [5, 5.41) is 13.6. The Morgan fingerprint density at radius 2 is 1.92 bits per heavy atom. The molecule has 7 heteroatoms. The molecule has 1 aliphatic heterocycles. The van der Waals surface area contributed by atoms with Gasteiger partial charge in [0.1, 0.15) is 0 Å². The molecule has 24 heavy (non-hydrogen) atoms.